The fourth-order valence-corrected chi connectivity index (χ4v) is 10.9. The van der Waals surface area contributed by atoms with Crippen LogP contribution in [-0.2, 0) is 9.84 Å². The van der Waals surface area contributed by atoms with Crippen molar-refractivity contribution in [3.8, 4) is 10.0 Å². The summed E-state index contributed by atoms with van der Waals surface area (Å²) in [5.74, 6) is -3.13. The van der Waals surface area contributed by atoms with Crippen LogP contribution in [0.3, 0.4) is 0 Å². The molecule has 268 valence electrons. The average Bonchev–Trinajstić information content (AvgIpc) is 3.95. The van der Waals surface area contributed by atoms with Crippen molar-refractivity contribution >= 4 is 117 Å². The number of carboxylic acids is 3. The molecule has 18 nitrogen and oxygen atoms in total. The molecule has 8 rings (SSSR count). The lowest BCUT2D eigenvalue weighted by molar-refractivity contribution is 0.0686. The van der Waals surface area contributed by atoms with Gasteiger partial charge in [0.05, 0.1) is 42.0 Å². The molecule has 0 amide bonds. The number of rotatable bonds is 10. The number of sulfone groups is 1. The maximum atomic E-state index is 11.7. The second-order valence-corrected chi connectivity index (χ2v) is 18.5. The van der Waals surface area contributed by atoms with E-state index in [0.29, 0.717) is 40.0 Å². The van der Waals surface area contributed by atoms with Gasteiger partial charge in [0.1, 0.15) is 10.0 Å². The summed E-state index contributed by atoms with van der Waals surface area (Å²) in [5, 5.41) is 55.3. The molecule has 3 N–H and O–H groups in total. The zero-order valence-corrected chi connectivity index (χ0v) is 31.7. The van der Waals surface area contributed by atoms with Crippen molar-refractivity contribution in [1.82, 2.24) is 50.4 Å². The first kappa shape index (κ1) is 36.2. The van der Waals surface area contributed by atoms with Crippen molar-refractivity contribution < 1.29 is 38.1 Å². The lowest BCUT2D eigenvalue weighted by Gasteiger charge is -2.01. The van der Waals surface area contributed by atoms with Gasteiger partial charge in [-0.1, -0.05) is 0 Å². The largest absolute Gasteiger partial charge is 0.478 e. The number of hydrogen-bond donors (Lipinski definition) is 3. The van der Waals surface area contributed by atoms with E-state index in [-0.39, 0.29) is 21.6 Å². The molecule has 25 heteroatoms. The van der Waals surface area contributed by atoms with Crippen molar-refractivity contribution in [2.75, 3.05) is 6.26 Å². The molecule has 0 aliphatic rings. The summed E-state index contributed by atoms with van der Waals surface area (Å²) in [4.78, 5) is 42.8. The number of tetrazole rings is 2. The summed E-state index contributed by atoms with van der Waals surface area (Å²) in [6, 6.07) is 12.4. The van der Waals surface area contributed by atoms with E-state index < -0.39 is 27.7 Å². The van der Waals surface area contributed by atoms with E-state index in [1.807, 2.05) is 0 Å². The number of nitrogens with zero attached hydrogens (tertiary/aromatic N) is 10. The van der Waals surface area contributed by atoms with Crippen LogP contribution < -0.4 is 0 Å². The monoisotopic (exact) mass is 844 g/mol. The summed E-state index contributed by atoms with van der Waals surface area (Å²) in [6.45, 7) is 0. The molecule has 0 fully saturated rings. The van der Waals surface area contributed by atoms with Gasteiger partial charge in [0.25, 0.3) is 0 Å². The standard InChI is InChI=1S/C14H9N5O4S4.C14H7N5O4S3/c1-27(22,23)7-2-3-9-10(6-7)25-14(15-9)26-13-16-17-18-19(13)11-8(12(20)21)4-5-24-11;20-11(21)6-1-2-8-9(5-6)25-14(15-8)26-13-16-17-18-19(13)10-7(12(22)23)3-4-24-10/h2-6H,1H3,(H,20,21);1-5H,(H,20,21)(H,22,23). The SMILES string of the molecule is CS(=O)(=O)c1ccc2nc(Sc3nnnn3-c3sccc3C(=O)O)sc2c1.O=C(O)c1ccc2nc(Sc3nnnn3-c3sccc3C(=O)O)sc2c1. The second kappa shape index (κ2) is 14.7. The van der Waals surface area contributed by atoms with Crippen LogP contribution in [-0.4, -0.2) is 98.3 Å². The highest BCUT2D eigenvalue weighted by Crippen LogP contribution is 2.37. The van der Waals surface area contributed by atoms with Gasteiger partial charge < -0.3 is 15.3 Å². The molecular weight excluding hydrogens is 829 g/mol. The molecule has 0 aliphatic carbocycles. The van der Waals surface area contributed by atoms with Gasteiger partial charge in [-0.05, 0) is 104 Å². The van der Waals surface area contributed by atoms with Gasteiger partial charge in [-0.15, -0.1) is 55.5 Å². The van der Waals surface area contributed by atoms with Gasteiger partial charge in [-0.3, -0.25) is 0 Å². The zero-order valence-electron chi connectivity index (χ0n) is 26.0. The Labute approximate surface area is 319 Å². The fraction of sp³-hybridized carbons (Fsp3) is 0.0357. The third-order valence-corrected chi connectivity index (χ3v) is 13.7. The van der Waals surface area contributed by atoms with Crippen molar-refractivity contribution in [2.24, 2.45) is 0 Å². The van der Waals surface area contributed by atoms with Crippen LogP contribution in [0.4, 0.5) is 0 Å². The topological polar surface area (TPSA) is 259 Å². The van der Waals surface area contributed by atoms with Crippen LogP contribution in [0.5, 0.6) is 0 Å². The zero-order chi connectivity index (χ0) is 37.4. The molecule has 0 unspecified atom stereocenters. The number of thiazole rings is 2. The minimum atomic E-state index is -3.30. The number of thiophene rings is 2. The van der Waals surface area contributed by atoms with Gasteiger partial charge in [0.2, 0.25) is 10.3 Å². The Morgan fingerprint density at radius 2 is 1.17 bits per heavy atom. The lowest BCUT2D eigenvalue weighted by atomic mass is 10.2. The number of fused-ring (bicyclic) bond motifs is 2. The molecule has 0 aliphatic heterocycles. The summed E-state index contributed by atoms with van der Waals surface area (Å²) in [7, 11) is -3.30. The molecule has 0 spiro atoms. The summed E-state index contributed by atoms with van der Waals surface area (Å²) in [5.41, 5.74) is 1.74. The number of aromatic nitrogens is 10. The molecule has 8 aromatic rings. The van der Waals surface area contributed by atoms with Crippen LogP contribution in [0.25, 0.3) is 30.4 Å². The number of aromatic carboxylic acids is 3. The predicted octanol–water partition coefficient (Wildman–Crippen LogP) is 5.47. The van der Waals surface area contributed by atoms with E-state index in [1.165, 1.54) is 102 Å². The maximum absolute atomic E-state index is 11.7. The van der Waals surface area contributed by atoms with Gasteiger partial charge in [0, 0.05) is 6.26 Å². The summed E-state index contributed by atoms with van der Waals surface area (Å²) < 4.78 is 28.8. The maximum Gasteiger partial charge on any atom is 0.338 e. The van der Waals surface area contributed by atoms with E-state index in [1.54, 1.807) is 35.0 Å². The van der Waals surface area contributed by atoms with Crippen LogP contribution in [0.2, 0.25) is 0 Å². The molecule has 0 saturated heterocycles. The Morgan fingerprint density at radius 1 is 0.679 bits per heavy atom. The van der Waals surface area contributed by atoms with Gasteiger partial charge in [0.15, 0.2) is 18.5 Å². The van der Waals surface area contributed by atoms with Crippen LogP contribution in [0.15, 0.2) is 83.2 Å². The van der Waals surface area contributed by atoms with E-state index in [9.17, 15) is 33.0 Å². The van der Waals surface area contributed by atoms with E-state index in [0.717, 1.165) is 15.7 Å². The van der Waals surface area contributed by atoms with Crippen molar-refractivity contribution in [2.45, 2.75) is 23.9 Å². The Bertz CT molecular complexity index is 2800. The van der Waals surface area contributed by atoms with Crippen LogP contribution in [0, 0.1) is 0 Å². The molecule has 6 aromatic heterocycles. The Morgan fingerprint density at radius 3 is 1.64 bits per heavy atom. The summed E-state index contributed by atoms with van der Waals surface area (Å²) >= 11 is 7.40. The van der Waals surface area contributed by atoms with Gasteiger partial charge >= 0.3 is 17.9 Å². The van der Waals surface area contributed by atoms with E-state index in [4.69, 9.17) is 5.11 Å². The highest BCUT2D eigenvalue weighted by atomic mass is 32.2. The van der Waals surface area contributed by atoms with E-state index in [2.05, 4.69) is 41.0 Å². The third kappa shape index (κ3) is 7.66. The minimum Gasteiger partial charge on any atom is -0.478 e. The van der Waals surface area contributed by atoms with Crippen LogP contribution in [0.1, 0.15) is 31.1 Å². The van der Waals surface area contributed by atoms with Gasteiger partial charge in [-0.25, -0.2) is 32.8 Å². The Hall–Kier alpha value is -5.18. The predicted molar refractivity (Wildman–Crippen MR) is 196 cm³/mol. The number of hydrogen-bond acceptors (Lipinski definition) is 19. The van der Waals surface area contributed by atoms with E-state index >= 15 is 0 Å². The number of benzene rings is 2. The molecular formula is C28H16N10O8S7. The fourth-order valence-electron chi connectivity index (χ4n) is 4.39. The highest BCUT2D eigenvalue weighted by Gasteiger charge is 2.22. The molecule has 2 aromatic carbocycles. The Balaban J connectivity index is 0.000000164. The van der Waals surface area contributed by atoms with Crippen molar-refractivity contribution in [1.29, 1.82) is 0 Å². The second-order valence-electron chi connectivity index (χ2n) is 10.2. The number of carbonyl (C=O) groups is 3. The lowest BCUT2D eigenvalue weighted by Crippen LogP contribution is -2.04. The molecule has 6 heterocycles. The molecule has 0 saturated carbocycles. The smallest absolute Gasteiger partial charge is 0.338 e. The molecule has 53 heavy (non-hydrogen) atoms. The molecule has 0 bridgehead atoms. The number of carboxylic acid groups (broad SMARTS) is 3. The summed E-state index contributed by atoms with van der Waals surface area (Å²) in [6.07, 6.45) is 1.15. The molecule has 0 radical (unpaired) electrons. The Kier molecular flexibility index (Phi) is 10.0. The first-order valence-corrected chi connectivity index (χ1v) is 21.1. The highest BCUT2D eigenvalue weighted by molar-refractivity contribution is 8.01. The first-order chi connectivity index (χ1) is 25.4. The first-order valence-electron chi connectivity index (χ1n) is 14.1. The van der Waals surface area contributed by atoms with Crippen LogP contribution >= 0.6 is 68.9 Å². The normalized spacial score (nSPS) is 11.5. The quantitative estimate of drug-likeness (QED) is 0.154. The van der Waals surface area contributed by atoms with Crippen molar-refractivity contribution in [3.05, 3.63) is 76.0 Å². The van der Waals surface area contributed by atoms with Crippen molar-refractivity contribution in [3.63, 3.8) is 0 Å². The third-order valence-electron chi connectivity index (χ3n) is 6.76. The minimum absolute atomic E-state index is 0.108. The van der Waals surface area contributed by atoms with Gasteiger partial charge in [-0.2, -0.15) is 9.36 Å². The average molecular weight is 845 g/mol. The molecule has 0 atom stereocenters.